The van der Waals surface area contributed by atoms with Crippen LogP contribution in [-0.4, -0.2) is 17.3 Å². The van der Waals surface area contributed by atoms with Crippen LogP contribution in [-0.2, 0) is 12.8 Å². The number of nitrogens with one attached hydrogen (secondary N) is 1. The maximum atomic E-state index is 10.3. The van der Waals surface area contributed by atoms with E-state index in [9.17, 15) is 5.11 Å². The maximum absolute atomic E-state index is 10.3. The van der Waals surface area contributed by atoms with Crippen molar-refractivity contribution in [1.29, 1.82) is 0 Å². The Balaban J connectivity index is 2.90. The molecule has 0 heterocycles. The normalized spacial score (nSPS) is 14.6. The van der Waals surface area contributed by atoms with E-state index >= 15 is 0 Å². The summed E-state index contributed by atoms with van der Waals surface area (Å²) in [4.78, 5) is 0. The number of anilines is 1. The molecule has 0 radical (unpaired) electrons. The lowest BCUT2D eigenvalue weighted by molar-refractivity contribution is 0.0266. The summed E-state index contributed by atoms with van der Waals surface area (Å²) >= 11 is 0. The molecule has 0 spiro atoms. The van der Waals surface area contributed by atoms with Gasteiger partial charge in [-0.1, -0.05) is 45.9 Å². The van der Waals surface area contributed by atoms with Gasteiger partial charge in [-0.2, -0.15) is 0 Å². The highest BCUT2D eigenvalue weighted by Gasteiger charge is 2.24. The first-order chi connectivity index (χ1) is 8.42. The van der Waals surface area contributed by atoms with Gasteiger partial charge < -0.3 is 10.4 Å². The van der Waals surface area contributed by atoms with Crippen molar-refractivity contribution in [3.05, 3.63) is 29.3 Å². The van der Waals surface area contributed by atoms with Crippen LogP contribution in [0, 0.1) is 5.92 Å². The third-order valence-electron chi connectivity index (χ3n) is 3.87. The van der Waals surface area contributed by atoms with Crippen LogP contribution in [0.15, 0.2) is 18.2 Å². The minimum atomic E-state index is -0.675. The molecule has 2 N–H and O–H groups in total. The van der Waals surface area contributed by atoms with Gasteiger partial charge in [0.15, 0.2) is 0 Å². The Morgan fingerprint density at radius 2 is 1.67 bits per heavy atom. The van der Waals surface area contributed by atoms with Gasteiger partial charge in [0.05, 0.1) is 5.60 Å². The van der Waals surface area contributed by atoms with Gasteiger partial charge >= 0.3 is 0 Å². The molecule has 1 unspecified atom stereocenters. The number of hydrogen-bond donors (Lipinski definition) is 2. The van der Waals surface area contributed by atoms with Crippen molar-refractivity contribution in [2.75, 3.05) is 11.9 Å². The second-order valence-electron chi connectivity index (χ2n) is 5.52. The number of aliphatic hydroxyl groups is 1. The van der Waals surface area contributed by atoms with E-state index in [1.165, 1.54) is 16.8 Å². The second-order valence-corrected chi connectivity index (χ2v) is 5.52. The first-order valence-electron chi connectivity index (χ1n) is 6.99. The van der Waals surface area contributed by atoms with Crippen LogP contribution in [0.4, 0.5) is 5.69 Å². The molecule has 1 aromatic carbocycles. The third-order valence-corrected chi connectivity index (χ3v) is 3.87. The van der Waals surface area contributed by atoms with E-state index in [0.29, 0.717) is 6.54 Å². The molecular formula is C16H27NO. The van der Waals surface area contributed by atoms with Gasteiger partial charge in [0.1, 0.15) is 0 Å². The van der Waals surface area contributed by atoms with Crippen LogP contribution in [0.2, 0.25) is 0 Å². The summed E-state index contributed by atoms with van der Waals surface area (Å²) < 4.78 is 0. The average Bonchev–Trinajstić information content (AvgIpc) is 2.35. The molecule has 2 heteroatoms. The van der Waals surface area contributed by atoms with Crippen LogP contribution in [0.3, 0.4) is 0 Å². The Morgan fingerprint density at radius 1 is 1.17 bits per heavy atom. The number of rotatable bonds is 6. The van der Waals surface area contributed by atoms with Crippen molar-refractivity contribution in [1.82, 2.24) is 0 Å². The molecule has 0 bridgehead atoms. The Bertz CT molecular complexity index is 360. The summed E-state index contributed by atoms with van der Waals surface area (Å²) in [6.07, 6.45) is 2.03. The van der Waals surface area contributed by atoms with E-state index in [2.05, 4.69) is 37.4 Å². The zero-order valence-electron chi connectivity index (χ0n) is 12.4. The fraction of sp³-hybridized carbons (Fsp3) is 0.625. The van der Waals surface area contributed by atoms with Gasteiger partial charge in [0, 0.05) is 12.2 Å². The lowest BCUT2D eigenvalue weighted by atomic mass is 9.92. The quantitative estimate of drug-likeness (QED) is 0.807. The Hall–Kier alpha value is -1.02. The van der Waals surface area contributed by atoms with Gasteiger partial charge in [-0.05, 0) is 36.8 Å². The fourth-order valence-corrected chi connectivity index (χ4v) is 1.94. The standard InChI is InChI=1S/C16H27NO/c1-6-13-9-8-10-14(7-2)15(13)17-11-16(5,18)12(3)4/h8-10,12,17-18H,6-7,11H2,1-5H3. The summed E-state index contributed by atoms with van der Waals surface area (Å²) in [5.41, 5.74) is 3.19. The molecule has 0 aliphatic rings. The van der Waals surface area contributed by atoms with Crippen molar-refractivity contribution in [2.45, 2.75) is 53.1 Å². The molecule has 102 valence electrons. The zero-order valence-corrected chi connectivity index (χ0v) is 12.4. The van der Waals surface area contributed by atoms with E-state index < -0.39 is 5.60 Å². The molecule has 1 rings (SSSR count). The first kappa shape index (κ1) is 15.0. The van der Waals surface area contributed by atoms with Crippen LogP contribution in [0.5, 0.6) is 0 Å². The summed E-state index contributed by atoms with van der Waals surface area (Å²) in [6.45, 7) is 10.9. The number of para-hydroxylation sites is 1. The zero-order chi connectivity index (χ0) is 13.8. The number of hydrogen-bond acceptors (Lipinski definition) is 2. The Kier molecular flexibility index (Phi) is 5.21. The minimum absolute atomic E-state index is 0.240. The van der Waals surface area contributed by atoms with Crippen LogP contribution < -0.4 is 5.32 Å². The Labute approximate surface area is 111 Å². The fourth-order valence-electron chi connectivity index (χ4n) is 1.94. The van der Waals surface area contributed by atoms with Crippen LogP contribution in [0.1, 0.15) is 45.7 Å². The SMILES string of the molecule is CCc1cccc(CC)c1NCC(C)(O)C(C)C. The van der Waals surface area contributed by atoms with Crippen LogP contribution in [0.25, 0.3) is 0 Å². The van der Waals surface area contributed by atoms with E-state index in [1.54, 1.807) is 0 Å². The molecule has 0 saturated heterocycles. The van der Waals surface area contributed by atoms with Crippen molar-refractivity contribution in [2.24, 2.45) is 5.92 Å². The van der Waals surface area contributed by atoms with Gasteiger partial charge in [0.25, 0.3) is 0 Å². The van der Waals surface area contributed by atoms with Crippen molar-refractivity contribution in [3.63, 3.8) is 0 Å². The monoisotopic (exact) mass is 249 g/mol. The van der Waals surface area contributed by atoms with Crippen molar-refractivity contribution < 1.29 is 5.11 Å². The van der Waals surface area contributed by atoms with Gasteiger partial charge in [-0.3, -0.25) is 0 Å². The molecule has 2 nitrogen and oxygen atoms in total. The molecule has 1 aromatic rings. The lowest BCUT2D eigenvalue weighted by Gasteiger charge is -2.29. The van der Waals surface area contributed by atoms with E-state index in [0.717, 1.165) is 12.8 Å². The highest BCUT2D eigenvalue weighted by atomic mass is 16.3. The highest BCUT2D eigenvalue weighted by Crippen LogP contribution is 2.24. The van der Waals surface area contributed by atoms with E-state index in [-0.39, 0.29) is 5.92 Å². The summed E-state index contributed by atoms with van der Waals surface area (Å²) in [6, 6.07) is 6.43. The molecule has 0 aliphatic heterocycles. The van der Waals surface area contributed by atoms with Gasteiger partial charge in [-0.15, -0.1) is 0 Å². The van der Waals surface area contributed by atoms with E-state index in [4.69, 9.17) is 0 Å². The average molecular weight is 249 g/mol. The molecule has 1 atom stereocenters. The molecule has 0 amide bonds. The number of aryl methyl sites for hydroxylation is 2. The Morgan fingerprint density at radius 3 is 2.06 bits per heavy atom. The number of benzene rings is 1. The van der Waals surface area contributed by atoms with E-state index in [1.807, 2.05) is 20.8 Å². The minimum Gasteiger partial charge on any atom is -0.388 e. The summed E-state index contributed by atoms with van der Waals surface area (Å²) in [5.74, 6) is 0.240. The van der Waals surface area contributed by atoms with Crippen molar-refractivity contribution >= 4 is 5.69 Å². The predicted molar refractivity (Wildman–Crippen MR) is 79.1 cm³/mol. The molecular weight excluding hydrogens is 222 g/mol. The second kappa shape index (κ2) is 6.24. The third kappa shape index (κ3) is 3.49. The topological polar surface area (TPSA) is 32.3 Å². The van der Waals surface area contributed by atoms with Gasteiger partial charge in [-0.25, -0.2) is 0 Å². The molecule has 0 fully saturated rings. The summed E-state index contributed by atoms with van der Waals surface area (Å²) in [7, 11) is 0. The maximum Gasteiger partial charge on any atom is 0.0813 e. The molecule has 18 heavy (non-hydrogen) atoms. The molecule has 0 saturated carbocycles. The molecule has 0 aliphatic carbocycles. The largest absolute Gasteiger partial charge is 0.388 e. The lowest BCUT2D eigenvalue weighted by Crippen LogP contribution is -2.39. The molecule has 0 aromatic heterocycles. The summed E-state index contributed by atoms with van der Waals surface area (Å²) in [5, 5.41) is 13.8. The van der Waals surface area contributed by atoms with Gasteiger partial charge in [0.2, 0.25) is 0 Å². The smallest absolute Gasteiger partial charge is 0.0813 e. The van der Waals surface area contributed by atoms with Crippen LogP contribution >= 0.6 is 0 Å². The first-order valence-corrected chi connectivity index (χ1v) is 6.99. The highest BCUT2D eigenvalue weighted by molar-refractivity contribution is 5.58. The predicted octanol–water partition coefficient (Wildman–Crippen LogP) is 3.63. The van der Waals surface area contributed by atoms with Crippen molar-refractivity contribution in [3.8, 4) is 0 Å².